The molecule has 0 fully saturated rings. The highest BCUT2D eigenvalue weighted by Gasteiger charge is 2.27. The Morgan fingerprint density at radius 3 is 2.85 bits per heavy atom. The van der Waals surface area contributed by atoms with Crippen molar-refractivity contribution in [3.63, 3.8) is 0 Å². The molecule has 1 atom stereocenters. The molecule has 0 saturated carbocycles. The predicted molar refractivity (Wildman–Crippen MR) is 98.0 cm³/mol. The van der Waals surface area contributed by atoms with Crippen molar-refractivity contribution in [2.45, 2.75) is 39.3 Å². The summed E-state index contributed by atoms with van der Waals surface area (Å²) in [7, 11) is 0. The summed E-state index contributed by atoms with van der Waals surface area (Å²) in [4.78, 5) is 44.7. The van der Waals surface area contributed by atoms with Crippen molar-refractivity contribution in [2.24, 2.45) is 0 Å². The summed E-state index contributed by atoms with van der Waals surface area (Å²) in [6.07, 6.45) is 0.936. The van der Waals surface area contributed by atoms with Crippen LogP contribution in [0.4, 0.5) is 0 Å². The van der Waals surface area contributed by atoms with Crippen LogP contribution in [0, 0.1) is 0 Å². The van der Waals surface area contributed by atoms with E-state index in [0.717, 1.165) is 11.4 Å². The lowest BCUT2D eigenvalue weighted by atomic mass is 10.1. The van der Waals surface area contributed by atoms with Crippen LogP contribution in [0.1, 0.15) is 42.0 Å². The molecular formula is C19H22N4O4. The van der Waals surface area contributed by atoms with Crippen molar-refractivity contribution in [1.29, 1.82) is 0 Å². The number of carboxylic acids is 1. The van der Waals surface area contributed by atoms with Gasteiger partial charge in [-0.3, -0.25) is 9.59 Å². The van der Waals surface area contributed by atoms with E-state index in [1.54, 1.807) is 36.9 Å². The Bertz CT molecular complexity index is 890. The molecule has 0 bridgehead atoms. The number of hydrogen-bond donors (Lipinski definition) is 3. The van der Waals surface area contributed by atoms with Gasteiger partial charge in [-0.15, -0.1) is 0 Å². The van der Waals surface area contributed by atoms with Gasteiger partial charge in [0.1, 0.15) is 11.9 Å². The van der Waals surface area contributed by atoms with E-state index in [1.807, 2.05) is 0 Å². The average Bonchev–Trinajstić information content (AvgIpc) is 3.10. The molecule has 1 aromatic heterocycles. The first-order valence-electron chi connectivity index (χ1n) is 8.88. The van der Waals surface area contributed by atoms with Crippen LogP contribution < -0.4 is 5.32 Å². The van der Waals surface area contributed by atoms with Crippen molar-refractivity contribution in [3.05, 3.63) is 41.2 Å². The van der Waals surface area contributed by atoms with Gasteiger partial charge in [0.15, 0.2) is 0 Å². The van der Waals surface area contributed by atoms with Crippen LogP contribution >= 0.6 is 0 Å². The topological polar surface area (TPSA) is 115 Å². The van der Waals surface area contributed by atoms with Gasteiger partial charge >= 0.3 is 5.97 Å². The zero-order valence-electron chi connectivity index (χ0n) is 15.3. The second kappa shape index (κ2) is 7.61. The first-order valence-corrected chi connectivity index (χ1v) is 8.88. The van der Waals surface area contributed by atoms with E-state index in [9.17, 15) is 14.4 Å². The van der Waals surface area contributed by atoms with Gasteiger partial charge < -0.3 is 20.3 Å². The molecule has 8 nitrogen and oxygen atoms in total. The number of carbonyl (C=O) groups excluding carboxylic acids is 2. The third-order valence-electron chi connectivity index (χ3n) is 4.60. The molecule has 27 heavy (non-hydrogen) atoms. The number of nitrogens with one attached hydrogen (secondary N) is 2. The second-order valence-electron chi connectivity index (χ2n) is 6.55. The molecule has 1 aromatic carbocycles. The number of benzene rings is 1. The number of carbonyl (C=O) groups is 3. The molecule has 0 radical (unpaired) electrons. The molecule has 1 aliphatic rings. The minimum absolute atomic E-state index is 0.133. The Hall–Kier alpha value is -3.16. The van der Waals surface area contributed by atoms with E-state index in [4.69, 9.17) is 5.11 Å². The number of aromatic amines is 1. The quantitative estimate of drug-likeness (QED) is 0.739. The number of aromatic carboxylic acids is 1. The summed E-state index contributed by atoms with van der Waals surface area (Å²) in [6, 6.07) is 5.99. The van der Waals surface area contributed by atoms with Crippen LogP contribution in [0.15, 0.2) is 24.3 Å². The van der Waals surface area contributed by atoms with Crippen molar-refractivity contribution < 1.29 is 19.5 Å². The van der Waals surface area contributed by atoms with Crippen molar-refractivity contribution >= 4 is 17.8 Å². The molecule has 0 aliphatic carbocycles. The van der Waals surface area contributed by atoms with Crippen molar-refractivity contribution in [2.75, 3.05) is 6.54 Å². The average molecular weight is 370 g/mol. The zero-order chi connectivity index (χ0) is 19.6. The molecule has 0 saturated heterocycles. The van der Waals surface area contributed by atoms with Gasteiger partial charge in [-0.05, 0) is 19.1 Å². The van der Waals surface area contributed by atoms with E-state index in [1.165, 1.54) is 6.07 Å². The Kier molecular flexibility index (Phi) is 5.25. The van der Waals surface area contributed by atoms with E-state index in [0.29, 0.717) is 37.3 Å². The molecule has 142 valence electrons. The molecule has 0 spiro atoms. The minimum atomic E-state index is -0.993. The van der Waals surface area contributed by atoms with Crippen molar-refractivity contribution in [3.8, 4) is 11.4 Å². The van der Waals surface area contributed by atoms with Gasteiger partial charge in [-0.1, -0.05) is 19.1 Å². The summed E-state index contributed by atoms with van der Waals surface area (Å²) >= 11 is 0. The first-order chi connectivity index (χ1) is 12.9. The lowest BCUT2D eigenvalue weighted by Crippen LogP contribution is -2.48. The number of rotatable bonds is 5. The summed E-state index contributed by atoms with van der Waals surface area (Å²) in [5, 5.41) is 11.8. The Morgan fingerprint density at radius 1 is 1.37 bits per heavy atom. The largest absolute Gasteiger partial charge is 0.478 e. The van der Waals surface area contributed by atoms with Crippen LogP contribution in [0.25, 0.3) is 11.4 Å². The highest BCUT2D eigenvalue weighted by Crippen LogP contribution is 2.24. The fraction of sp³-hybridized carbons (Fsp3) is 0.368. The maximum atomic E-state index is 12.6. The highest BCUT2D eigenvalue weighted by molar-refractivity contribution is 5.89. The third kappa shape index (κ3) is 3.99. The van der Waals surface area contributed by atoms with Gasteiger partial charge in [-0.25, -0.2) is 9.78 Å². The number of hydrogen-bond acceptors (Lipinski definition) is 4. The van der Waals surface area contributed by atoms with E-state index >= 15 is 0 Å². The van der Waals surface area contributed by atoms with Crippen LogP contribution in [0.5, 0.6) is 0 Å². The smallest absolute Gasteiger partial charge is 0.335 e. The second-order valence-corrected chi connectivity index (χ2v) is 6.55. The van der Waals surface area contributed by atoms with Crippen LogP contribution in [0.3, 0.4) is 0 Å². The van der Waals surface area contributed by atoms with Gasteiger partial charge in [0.2, 0.25) is 11.8 Å². The minimum Gasteiger partial charge on any atom is -0.478 e. The van der Waals surface area contributed by atoms with E-state index < -0.39 is 12.0 Å². The summed E-state index contributed by atoms with van der Waals surface area (Å²) in [5.41, 5.74) is 2.59. The molecular weight excluding hydrogens is 348 g/mol. The van der Waals surface area contributed by atoms with Crippen LogP contribution in [-0.2, 0) is 22.6 Å². The summed E-state index contributed by atoms with van der Waals surface area (Å²) in [5.74, 6) is -0.694. The monoisotopic (exact) mass is 370 g/mol. The third-order valence-corrected chi connectivity index (χ3v) is 4.60. The Labute approximate surface area is 156 Å². The molecule has 1 aliphatic heterocycles. The van der Waals surface area contributed by atoms with Crippen LogP contribution in [0.2, 0.25) is 0 Å². The van der Waals surface area contributed by atoms with Gasteiger partial charge in [0.25, 0.3) is 0 Å². The van der Waals surface area contributed by atoms with Crippen molar-refractivity contribution in [1.82, 2.24) is 20.2 Å². The number of imidazole rings is 1. The molecule has 3 rings (SSSR count). The standard InChI is InChI=1S/C19H22N4O4/c1-3-16(24)20-11(2)18(25)23-8-7-14-15(10-23)22-17(21-14)12-5-4-6-13(9-12)19(26)27/h4-6,9,11H,3,7-8,10H2,1-2H3,(H,20,24)(H,21,22)(H,26,27). The molecule has 2 aromatic rings. The van der Waals surface area contributed by atoms with Gasteiger partial charge in [0.05, 0.1) is 23.5 Å². The zero-order valence-corrected chi connectivity index (χ0v) is 15.3. The Morgan fingerprint density at radius 2 is 2.15 bits per heavy atom. The molecule has 2 heterocycles. The number of fused-ring (bicyclic) bond motifs is 1. The molecule has 1 unspecified atom stereocenters. The number of amides is 2. The number of H-pyrrole nitrogens is 1. The van der Waals surface area contributed by atoms with Gasteiger partial charge in [0, 0.05) is 24.9 Å². The SMILES string of the molecule is CCC(=O)NC(C)C(=O)N1CCc2nc(-c3cccc(C(=O)O)c3)[nH]c2C1. The fourth-order valence-corrected chi connectivity index (χ4v) is 3.10. The maximum absolute atomic E-state index is 12.6. The van der Waals surface area contributed by atoms with Crippen LogP contribution in [-0.4, -0.2) is 50.3 Å². The first kappa shape index (κ1) is 18.6. The lowest BCUT2D eigenvalue weighted by Gasteiger charge is -2.29. The highest BCUT2D eigenvalue weighted by atomic mass is 16.4. The van der Waals surface area contributed by atoms with E-state index in [2.05, 4.69) is 15.3 Å². The van der Waals surface area contributed by atoms with Gasteiger partial charge in [-0.2, -0.15) is 0 Å². The summed E-state index contributed by atoms with van der Waals surface area (Å²) < 4.78 is 0. The summed E-state index contributed by atoms with van der Waals surface area (Å²) in [6.45, 7) is 4.33. The number of nitrogens with zero attached hydrogens (tertiary/aromatic N) is 2. The molecule has 2 amide bonds. The lowest BCUT2D eigenvalue weighted by molar-refractivity contribution is -0.136. The van der Waals surface area contributed by atoms with E-state index in [-0.39, 0.29) is 17.4 Å². The number of carboxylic acid groups (broad SMARTS) is 1. The normalized spacial score (nSPS) is 14.4. The maximum Gasteiger partial charge on any atom is 0.335 e. The Balaban J connectivity index is 1.76. The number of aromatic nitrogens is 2. The molecule has 8 heteroatoms. The molecule has 3 N–H and O–H groups in total. The predicted octanol–water partition coefficient (Wildman–Crippen LogP) is 1.57. The fourth-order valence-electron chi connectivity index (χ4n) is 3.10.